The van der Waals surface area contributed by atoms with Crippen LogP contribution in [0.2, 0.25) is 0 Å². The Hall–Kier alpha value is -2.68. The van der Waals surface area contributed by atoms with E-state index in [0.717, 1.165) is 70.3 Å². The Morgan fingerprint density at radius 2 is 2.00 bits per heavy atom. The third kappa shape index (κ3) is 6.65. The maximum atomic E-state index is 6.04. The van der Waals surface area contributed by atoms with Gasteiger partial charge in [-0.15, -0.1) is 0 Å². The molecule has 0 radical (unpaired) electrons. The monoisotopic (exact) mass is 424 g/mol. The smallest absolute Gasteiger partial charge is 0.217 e. The lowest BCUT2D eigenvalue weighted by molar-refractivity contribution is 0.122. The molecule has 166 valence electrons. The summed E-state index contributed by atoms with van der Waals surface area (Å²) >= 11 is 0. The number of hydrogen-bond acceptors (Lipinski definition) is 8. The number of piperazine rings is 1. The molecule has 2 aliphatic heterocycles. The van der Waals surface area contributed by atoms with Gasteiger partial charge in [-0.25, -0.2) is 0 Å². The summed E-state index contributed by atoms with van der Waals surface area (Å²) in [5, 5.41) is 7.76. The van der Waals surface area contributed by atoms with Crippen LogP contribution < -0.4 is 20.4 Å². The van der Waals surface area contributed by atoms with E-state index in [1.807, 2.05) is 24.3 Å². The normalized spacial score (nSPS) is 17.8. The molecule has 2 aliphatic rings. The van der Waals surface area contributed by atoms with Gasteiger partial charge < -0.3 is 19.7 Å². The van der Waals surface area contributed by atoms with Gasteiger partial charge in [0.2, 0.25) is 5.88 Å². The van der Waals surface area contributed by atoms with Gasteiger partial charge >= 0.3 is 0 Å². The van der Waals surface area contributed by atoms with Crippen LogP contribution in [0.1, 0.15) is 11.1 Å². The molecule has 1 aromatic carbocycles. The molecule has 2 N–H and O–H groups in total. The van der Waals surface area contributed by atoms with E-state index in [9.17, 15) is 0 Å². The fourth-order valence-corrected chi connectivity index (χ4v) is 3.76. The van der Waals surface area contributed by atoms with Crippen LogP contribution in [0, 0.1) is 6.92 Å². The number of aryl methyl sites for hydroxylation is 1. The Labute approximate surface area is 184 Å². The molecule has 1 aromatic heterocycles. The number of hydrazone groups is 1. The van der Waals surface area contributed by atoms with E-state index < -0.39 is 0 Å². The van der Waals surface area contributed by atoms with E-state index in [0.29, 0.717) is 18.3 Å². The molecule has 2 fully saturated rings. The number of rotatable bonds is 8. The van der Waals surface area contributed by atoms with Crippen molar-refractivity contribution in [3.63, 3.8) is 0 Å². The zero-order chi connectivity index (χ0) is 21.3. The predicted octanol–water partition coefficient (Wildman–Crippen LogP) is 1.96. The second-order valence-electron chi connectivity index (χ2n) is 7.87. The minimum atomic E-state index is 0.617. The van der Waals surface area contributed by atoms with Gasteiger partial charge in [-0.2, -0.15) is 10.1 Å². The quantitative estimate of drug-likeness (QED) is 0.496. The molecule has 0 bridgehead atoms. The van der Waals surface area contributed by atoms with Gasteiger partial charge in [0.25, 0.3) is 0 Å². The molecule has 0 amide bonds. The summed E-state index contributed by atoms with van der Waals surface area (Å²) in [5.41, 5.74) is 6.40. The number of aromatic nitrogens is 1. The van der Waals surface area contributed by atoms with Gasteiger partial charge in [0.05, 0.1) is 19.4 Å². The van der Waals surface area contributed by atoms with Crippen molar-refractivity contribution < 1.29 is 9.47 Å². The topological polar surface area (TPSA) is 74.2 Å². The molecule has 2 aromatic rings. The third-order valence-electron chi connectivity index (χ3n) is 5.46. The lowest BCUT2D eigenvalue weighted by Gasteiger charge is -2.29. The first-order chi connectivity index (χ1) is 15.3. The minimum Gasteiger partial charge on any atom is -0.476 e. The number of benzene rings is 1. The van der Waals surface area contributed by atoms with Gasteiger partial charge in [0.1, 0.15) is 6.61 Å². The lowest BCUT2D eigenvalue weighted by atomic mass is 10.2. The van der Waals surface area contributed by atoms with Crippen molar-refractivity contribution in [3.05, 3.63) is 47.5 Å². The number of hydrogen-bond donors (Lipinski definition) is 2. The van der Waals surface area contributed by atoms with Crippen LogP contribution in [0.15, 0.2) is 41.5 Å². The zero-order valence-corrected chi connectivity index (χ0v) is 18.2. The first kappa shape index (κ1) is 21.5. The molecule has 0 saturated carbocycles. The summed E-state index contributed by atoms with van der Waals surface area (Å²) in [5.74, 6) is 1.29. The van der Waals surface area contributed by atoms with Crippen LogP contribution in [0.3, 0.4) is 0 Å². The molecule has 8 nitrogen and oxygen atoms in total. The summed E-state index contributed by atoms with van der Waals surface area (Å²) in [7, 11) is 0. The second kappa shape index (κ2) is 11.1. The Bertz CT molecular complexity index is 863. The van der Waals surface area contributed by atoms with Crippen LogP contribution in [0.5, 0.6) is 5.88 Å². The van der Waals surface area contributed by atoms with Crippen molar-refractivity contribution in [3.8, 4) is 5.88 Å². The Balaban J connectivity index is 1.43. The number of nitrogens with zero attached hydrogens (tertiary/aromatic N) is 4. The van der Waals surface area contributed by atoms with E-state index >= 15 is 0 Å². The maximum absolute atomic E-state index is 6.04. The molecule has 0 aliphatic carbocycles. The van der Waals surface area contributed by atoms with Gasteiger partial charge in [-0.3, -0.25) is 10.3 Å². The molecule has 0 atom stereocenters. The number of pyridine rings is 1. The van der Waals surface area contributed by atoms with E-state index in [1.54, 1.807) is 6.21 Å². The van der Waals surface area contributed by atoms with E-state index in [1.165, 1.54) is 5.56 Å². The largest absolute Gasteiger partial charge is 0.476 e. The zero-order valence-electron chi connectivity index (χ0n) is 18.2. The molecule has 0 unspecified atom stereocenters. The SMILES string of the molecule is Cc1cccc(C=NNc2cc(N3CCOCC3)cc(OCCN3CCNCC3)n2)c1. The van der Waals surface area contributed by atoms with Crippen molar-refractivity contribution in [1.82, 2.24) is 15.2 Å². The average Bonchev–Trinajstić information content (AvgIpc) is 2.80. The molecule has 8 heteroatoms. The summed E-state index contributed by atoms with van der Waals surface area (Å²) < 4.78 is 11.5. The maximum Gasteiger partial charge on any atom is 0.217 e. The van der Waals surface area contributed by atoms with Crippen molar-refractivity contribution in [2.75, 3.05) is 76.0 Å². The first-order valence-corrected chi connectivity index (χ1v) is 11.0. The molecular weight excluding hydrogens is 392 g/mol. The molecule has 0 spiro atoms. The highest BCUT2D eigenvalue weighted by Gasteiger charge is 2.15. The van der Waals surface area contributed by atoms with E-state index in [2.05, 4.69) is 49.7 Å². The van der Waals surface area contributed by atoms with Crippen molar-refractivity contribution >= 4 is 17.7 Å². The van der Waals surface area contributed by atoms with Crippen LogP contribution in [0.25, 0.3) is 0 Å². The highest BCUT2D eigenvalue weighted by molar-refractivity contribution is 5.80. The van der Waals surface area contributed by atoms with Crippen molar-refractivity contribution in [1.29, 1.82) is 0 Å². The highest BCUT2D eigenvalue weighted by Crippen LogP contribution is 2.25. The average molecular weight is 425 g/mol. The summed E-state index contributed by atoms with van der Waals surface area (Å²) in [6, 6.07) is 12.2. The summed E-state index contributed by atoms with van der Waals surface area (Å²) in [6.07, 6.45) is 1.81. The molecule has 4 rings (SSSR count). The molecule has 2 saturated heterocycles. The fourth-order valence-electron chi connectivity index (χ4n) is 3.76. The second-order valence-corrected chi connectivity index (χ2v) is 7.87. The van der Waals surface area contributed by atoms with Crippen LogP contribution in [0.4, 0.5) is 11.5 Å². The van der Waals surface area contributed by atoms with Gasteiger partial charge in [-0.05, 0) is 12.5 Å². The Morgan fingerprint density at radius 1 is 1.16 bits per heavy atom. The first-order valence-electron chi connectivity index (χ1n) is 11.0. The minimum absolute atomic E-state index is 0.617. The molecule has 3 heterocycles. The lowest BCUT2D eigenvalue weighted by Crippen LogP contribution is -2.44. The van der Waals surface area contributed by atoms with Crippen LogP contribution in [-0.2, 0) is 4.74 Å². The van der Waals surface area contributed by atoms with Crippen molar-refractivity contribution in [2.45, 2.75) is 6.92 Å². The van der Waals surface area contributed by atoms with Gasteiger partial charge in [0, 0.05) is 63.6 Å². The van der Waals surface area contributed by atoms with Crippen LogP contribution in [-0.4, -0.2) is 81.7 Å². The van der Waals surface area contributed by atoms with Crippen LogP contribution >= 0.6 is 0 Å². The van der Waals surface area contributed by atoms with Gasteiger partial charge in [0.15, 0.2) is 5.82 Å². The Morgan fingerprint density at radius 3 is 2.81 bits per heavy atom. The molecular formula is C23H32N6O2. The summed E-state index contributed by atoms with van der Waals surface area (Å²) in [4.78, 5) is 9.33. The number of nitrogens with one attached hydrogen (secondary N) is 2. The van der Waals surface area contributed by atoms with Crippen molar-refractivity contribution in [2.24, 2.45) is 5.10 Å². The molecule has 31 heavy (non-hydrogen) atoms. The van der Waals surface area contributed by atoms with Gasteiger partial charge in [-0.1, -0.05) is 29.8 Å². The highest BCUT2D eigenvalue weighted by atomic mass is 16.5. The number of ether oxygens (including phenoxy) is 2. The summed E-state index contributed by atoms with van der Waals surface area (Å²) in [6.45, 7) is 11.0. The fraction of sp³-hybridized carbons (Fsp3) is 0.478. The Kier molecular flexibility index (Phi) is 7.71. The van der Waals surface area contributed by atoms with E-state index in [4.69, 9.17) is 9.47 Å². The number of morpholine rings is 1. The predicted molar refractivity (Wildman–Crippen MR) is 124 cm³/mol. The van der Waals surface area contributed by atoms with E-state index in [-0.39, 0.29) is 0 Å². The number of anilines is 2. The third-order valence-corrected chi connectivity index (χ3v) is 5.46. The standard InChI is InChI=1S/C23H32N6O2/c1-19-3-2-4-20(15-19)18-25-27-22-16-21(29-10-12-30-13-11-29)17-23(26-22)31-14-9-28-7-5-24-6-8-28/h2-4,15-18,24H,5-14H2,1H3,(H,26,27).